The lowest BCUT2D eigenvalue weighted by molar-refractivity contribution is -0.139. The maximum absolute atomic E-state index is 11.1. The normalized spacial score (nSPS) is 23.2. The molecule has 2 N–H and O–H groups in total. The number of aromatic nitrogens is 2. The number of anilines is 1. The molecule has 0 atom stereocenters. The summed E-state index contributed by atoms with van der Waals surface area (Å²) in [4.78, 5) is 21.5. The van der Waals surface area contributed by atoms with Crippen LogP contribution in [0.1, 0.15) is 39.5 Å². The van der Waals surface area contributed by atoms with E-state index in [0.29, 0.717) is 23.9 Å². The fourth-order valence-corrected chi connectivity index (χ4v) is 3.09. The van der Waals surface area contributed by atoms with Crippen LogP contribution in [0.15, 0.2) is 12.4 Å². The SMILES string of the molecule is CC(C)Oc1cc(NC2CC(N(CC(=O)O)CC3CC3)C2)ncn1. The summed E-state index contributed by atoms with van der Waals surface area (Å²) in [5.41, 5.74) is 0. The minimum atomic E-state index is -0.738. The zero-order chi connectivity index (χ0) is 17.1. The molecule has 0 unspecified atom stereocenters. The van der Waals surface area contributed by atoms with Crippen molar-refractivity contribution in [3.05, 3.63) is 12.4 Å². The van der Waals surface area contributed by atoms with Crippen LogP contribution in [0, 0.1) is 5.92 Å². The molecule has 2 aliphatic carbocycles. The monoisotopic (exact) mass is 334 g/mol. The van der Waals surface area contributed by atoms with Crippen molar-refractivity contribution >= 4 is 11.8 Å². The number of nitrogens with one attached hydrogen (secondary N) is 1. The van der Waals surface area contributed by atoms with Crippen LogP contribution in [0.2, 0.25) is 0 Å². The number of hydrogen-bond donors (Lipinski definition) is 2. The standard InChI is InChI=1S/C17H26N4O3/c1-11(2)24-16-7-15(18-10-19-16)20-13-5-14(6-13)21(9-17(22)23)8-12-3-4-12/h7,10-14H,3-6,8-9H2,1-2H3,(H,22,23)(H,18,19,20). The molecule has 2 fully saturated rings. The van der Waals surface area contributed by atoms with Crippen molar-refractivity contribution in [1.82, 2.24) is 14.9 Å². The maximum atomic E-state index is 11.1. The Hall–Kier alpha value is -1.89. The molecule has 2 saturated carbocycles. The fourth-order valence-electron chi connectivity index (χ4n) is 3.09. The van der Waals surface area contributed by atoms with Gasteiger partial charge in [0, 0.05) is 24.7 Å². The molecule has 132 valence electrons. The summed E-state index contributed by atoms with van der Waals surface area (Å²) in [6.07, 6.45) is 5.95. The molecular formula is C17H26N4O3. The van der Waals surface area contributed by atoms with Gasteiger partial charge in [0.25, 0.3) is 0 Å². The van der Waals surface area contributed by atoms with E-state index in [1.807, 2.05) is 19.9 Å². The van der Waals surface area contributed by atoms with Gasteiger partial charge in [-0.3, -0.25) is 9.69 Å². The number of aliphatic carboxylic acids is 1. The molecule has 3 rings (SSSR count). The van der Waals surface area contributed by atoms with E-state index in [-0.39, 0.29) is 12.6 Å². The molecule has 0 spiro atoms. The van der Waals surface area contributed by atoms with Gasteiger partial charge in [-0.25, -0.2) is 9.97 Å². The van der Waals surface area contributed by atoms with Crippen LogP contribution in [0.5, 0.6) is 5.88 Å². The summed E-state index contributed by atoms with van der Waals surface area (Å²) in [5.74, 6) is 1.29. The van der Waals surface area contributed by atoms with Gasteiger partial charge in [0.2, 0.25) is 5.88 Å². The van der Waals surface area contributed by atoms with E-state index in [1.165, 1.54) is 19.2 Å². The highest BCUT2D eigenvalue weighted by Crippen LogP contribution is 2.34. The number of ether oxygens (including phenoxy) is 1. The quantitative estimate of drug-likeness (QED) is 0.714. The average Bonchev–Trinajstić information content (AvgIpc) is 3.25. The Labute approximate surface area is 142 Å². The summed E-state index contributed by atoms with van der Waals surface area (Å²) >= 11 is 0. The molecule has 0 amide bonds. The van der Waals surface area contributed by atoms with E-state index in [0.717, 1.165) is 25.2 Å². The highest BCUT2D eigenvalue weighted by molar-refractivity contribution is 5.69. The Bertz CT molecular complexity index is 571. The van der Waals surface area contributed by atoms with Gasteiger partial charge in [-0.15, -0.1) is 0 Å². The number of carboxylic acids is 1. The molecule has 7 heteroatoms. The summed E-state index contributed by atoms with van der Waals surface area (Å²) < 4.78 is 5.58. The van der Waals surface area contributed by atoms with E-state index in [2.05, 4.69) is 20.2 Å². The van der Waals surface area contributed by atoms with E-state index in [4.69, 9.17) is 9.84 Å². The smallest absolute Gasteiger partial charge is 0.317 e. The lowest BCUT2D eigenvalue weighted by Gasteiger charge is -2.43. The average molecular weight is 334 g/mol. The molecule has 0 bridgehead atoms. The summed E-state index contributed by atoms with van der Waals surface area (Å²) in [6, 6.07) is 2.49. The highest BCUT2D eigenvalue weighted by Gasteiger charge is 2.37. The van der Waals surface area contributed by atoms with E-state index in [1.54, 1.807) is 0 Å². The summed E-state index contributed by atoms with van der Waals surface area (Å²) in [7, 11) is 0. The second kappa shape index (κ2) is 7.34. The number of rotatable bonds is 9. The van der Waals surface area contributed by atoms with Crippen LogP contribution in [0.3, 0.4) is 0 Å². The Kier molecular flexibility index (Phi) is 5.18. The third-order valence-corrected chi connectivity index (χ3v) is 4.51. The molecule has 1 heterocycles. The third kappa shape index (κ3) is 4.80. The molecule has 7 nitrogen and oxygen atoms in total. The van der Waals surface area contributed by atoms with E-state index in [9.17, 15) is 4.79 Å². The van der Waals surface area contributed by atoms with Crippen molar-refractivity contribution in [1.29, 1.82) is 0 Å². The van der Waals surface area contributed by atoms with E-state index >= 15 is 0 Å². The number of nitrogens with zero attached hydrogens (tertiary/aromatic N) is 3. The molecular weight excluding hydrogens is 308 g/mol. The summed E-state index contributed by atoms with van der Waals surface area (Å²) in [6.45, 7) is 4.99. The second-order valence-corrected chi connectivity index (χ2v) is 7.14. The van der Waals surface area contributed by atoms with Crippen molar-refractivity contribution < 1.29 is 14.6 Å². The number of carbonyl (C=O) groups is 1. The first-order valence-electron chi connectivity index (χ1n) is 8.70. The topological polar surface area (TPSA) is 87.6 Å². The van der Waals surface area contributed by atoms with Crippen LogP contribution in [0.4, 0.5) is 5.82 Å². The second-order valence-electron chi connectivity index (χ2n) is 7.14. The Morgan fingerprint density at radius 1 is 1.42 bits per heavy atom. The molecule has 1 aromatic heterocycles. The van der Waals surface area contributed by atoms with Gasteiger partial charge in [-0.2, -0.15) is 0 Å². The van der Waals surface area contributed by atoms with E-state index < -0.39 is 5.97 Å². The molecule has 1 aromatic rings. The Balaban J connectivity index is 1.49. The molecule has 24 heavy (non-hydrogen) atoms. The maximum Gasteiger partial charge on any atom is 0.317 e. The molecule has 0 radical (unpaired) electrons. The Morgan fingerprint density at radius 3 is 2.79 bits per heavy atom. The minimum Gasteiger partial charge on any atom is -0.480 e. The van der Waals surface area contributed by atoms with Gasteiger partial charge >= 0.3 is 5.97 Å². The van der Waals surface area contributed by atoms with Crippen LogP contribution < -0.4 is 10.1 Å². The predicted molar refractivity (Wildman–Crippen MR) is 90.2 cm³/mol. The van der Waals surface area contributed by atoms with Gasteiger partial charge in [-0.1, -0.05) is 0 Å². The van der Waals surface area contributed by atoms with Crippen molar-refractivity contribution in [2.24, 2.45) is 5.92 Å². The van der Waals surface area contributed by atoms with Crippen LogP contribution >= 0.6 is 0 Å². The van der Waals surface area contributed by atoms with Gasteiger partial charge < -0.3 is 15.2 Å². The predicted octanol–water partition coefficient (Wildman–Crippen LogP) is 2.00. The number of hydrogen-bond acceptors (Lipinski definition) is 6. The minimum absolute atomic E-state index is 0.0767. The first-order chi connectivity index (χ1) is 11.5. The summed E-state index contributed by atoms with van der Waals surface area (Å²) in [5, 5.41) is 12.5. The van der Waals surface area contributed by atoms with Crippen molar-refractivity contribution in [2.75, 3.05) is 18.4 Å². The van der Waals surface area contributed by atoms with Gasteiger partial charge in [0.05, 0.1) is 12.6 Å². The van der Waals surface area contributed by atoms with Gasteiger partial charge in [0.15, 0.2) is 0 Å². The number of carboxylic acid groups (broad SMARTS) is 1. The largest absolute Gasteiger partial charge is 0.480 e. The van der Waals surface area contributed by atoms with Crippen molar-refractivity contribution in [3.63, 3.8) is 0 Å². The fraction of sp³-hybridized carbons (Fsp3) is 0.706. The zero-order valence-electron chi connectivity index (χ0n) is 14.3. The van der Waals surface area contributed by atoms with Crippen LogP contribution in [-0.4, -0.2) is 57.2 Å². The molecule has 0 saturated heterocycles. The lowest BCUT2D eigenvalue weighted by atomic mass is 9.85. The third-order valence-electron chi connectivity index (χ3n) is 4.51. The van der Waals surface area contributed by atoms with Crippen molar-refractivity contribution in [3.8, 4) is 5.88 Å². The zero-order valence-corrected chi connectivity index (χ0v) is 14.3. The van der Waals surface area contributed by atoms with Crippen LogP contribution in [0.25, 0.3) is 0 Å². The molecule has 0 aromatic carbocycles. The highest BCUT2D eigenvalue weighted by atomic mass is 16.5. The molecule has 2 aliphatic rings. The van der Waals surface area contributed by atoms with Crippen molar-refractivity contribution in [2.45, 2.75) is 57.7 Å². The van der Waals surface area contributed by atoms with Gasteiger partial charge in [-0.05, 0) is 45.4 Å². The Morgan fingerprint density at radius 2 is 2.17 bits per heavy atom. The van der Waals surface area contributed by atoms with Gasteiger partial charge in [0.1, 0.15) is 12.1 Å². The molecule has 0 aliphatic heterocycles. The van der Waals surface area contributed by atoms with Crippen LogP contribution in [-0.2, 0) is 4.79 Å². The lowest BCUT2D eigenvalue weighted by Crippen LogP contribution is -2.52. The first-order valence-corrected chi connectivity index (χ1v) is 8.70. The first kappa shape index (κ1) is 17.0.